The summed E-state index contributed by atoms with van der Waals surface area (Å²) in [5.41, 5.74) is 1.57. The van der Waals surface area contributed by atoms with E-state index in [1.807, 2.05) is 6.08 Å². The van der Waals surface area contributed by atoms with Gasteiger partial charge in [-0.2, -0.15) is 0 Å². The molecule has 0 saturated carbocycles. The number of methoxy groups -OCH3 is 2. The number of hydrogen-bond donors (Lipinski definition) is 1. The minimum atomic E-state index is -0.0327. The minimum Gasteiger partial charge on any atom is -0.502 e. The molecule has 0 atom stereocenters. The number of ether oxygens (including phenoxy) is 2. The van der Waals surface area contributed by atoms with Crippen molar-refractivity contribution in [1.82, 2.24) is 4.90 Å². The van der Waals surface area contributed by atoms with E-state index in [0.29, 0.717) is 24.5 Å². The number of Topliss-reactive ketones (excluding diaryl/α,β-unsaturated/α-hetero) is 1. The summed E-state index contributed by atoms with van der Waals surface area (Å²) in [6, 6.07) is 3.41. The molecule has 0 spiro atoms. The number of hydrogen-bond acceptors (Lipinski definition) is 5. The van der Waals surface area contributed by atoms with Gasteiger partial charge in [-0.25, -0.2) is 0 Å². The monoisotopic (exact) mass is 305 g/mol. The first kappa shape index (κ1) is 16.4. The van der Waals surface area contributed by atoms with Crippen LogP contribution < -0.4 is 9.47 Å². The maximum atomic E-state index is 12.1. The van der Waals surface area contributed by atoms with Crippen molar-refractivity contribution in [2.24, 2.45) is 0 Å². The van der Waals surface area contributed by atoms with Crippen LogP contribution in [0.1, 0.15) is 25.3 Å². The van der Waals surface area contributed by atoms with Gasteiger partial charge in [0.2, 0.25) is 5.75 Å². The molecule has 1 N–H and O–H groups in total. The first-order chi connectivity index (χ1) is 10.6. The molecule has 1 saturated heterocycles. The first-order valence-corrected chi connectivity index (χ1v) is 7.50. The lowest BCUT2D eigenvalue weighted by Gasteiger charge is -2.27. The van der Waals surface area contributed by atoms with Gasteiger partial charge in [-0.1, -0.05) is 6.92 Å². The number of benzene rings is 1. The lowest BCUT2D eigenvalue weighted by Crippen LogP contribution is -2.36. The summed E-state index contributed by atoms with van der Waals surface area (Å²) in [4.78, 5) is 14.4. The molecule has 0 bridgehead atoms. The van der Waals surface area contributed by atoms with Gasteiger partial charge in [-0.15, -0.1) is 0 Å². The quantitative estimate of drug-likeness (QED) is 0.847. The molecule has 5 nitrogen and oxygen atoms in total. The Labute approximate surface area is 131 Å². The van der Waals surface area contributed by atoms with Crippen LogP contribution in [0, 0.1) is 0 Å². The number of piperidine rings is 1. The molecule has 22 heavy (non-hydrogen) atoms. The van der Waals surface area contributed by atoms with Crippen LogP contribution in [0.2, 0.25) is 0 Å². The summed E-state index contributed by atoms with van der Waals surface area (Å²) in [6.45, 7) is 4.62. The fraction of sp³-hybridized carbons (Fsp3) is 0.471. The average Bonchev–Trinajstić information content (AvgIpc) is 2.52. The molecule has 2 rings (SSSR count). The first-order valence-electron chi connectivity index (χ1n) is 7.50. The fourth-order valence-electron chi connectivity index (χ4n) is 2.66. The number of likely N-dealkylation sites (tertiary alicyclic amines) is 1. The van der Waals surface area contributed by atoms with Gasteiger partial charge in [0, 0.05) is 25.1 Å². The van der Waals surface area contributed by atoms with Crippen molar-refractivity contribution in [2.45, 2.75) is 19.8 Å². The Morgan fingerprint density at radius 2 is 1.91 bits per heavy atom. The molecule has 0 amide bonds. The maximum absolute atomic E-state index is 12.1. The highest BCUT2D eigenvalue weighted by Gasteiger charge is 2.21. The Kier molecular flexibility index (Phi) is 5.44. The highest BCUT2D eigenvalue weighted by atomic mass is 16.5. The number of phenols is 1. The van der Waals surface area contributed by atoms with Crippen molar-refractivity contribution in [3.8, 4) is 17.2 Å². The van der Waals surface area contributed by atoms with E-state index in [4.69, 9.17) is 9.47 Å². The van der Waals surface area contributed by atoms with Crippen molar-refractivity contribution in [1.29, 1.82) is 0 Å². The van der Waals surface area contributed by atoms with Crippen LogP contribution >= 0.6 is 0 Å². The van der Waals surface area contributed by atoms with Crippen LogP contribution in [0.5, 0.6) is 17.2 Å². The van der Waals surface area contributed by atoms with Gasteiger partial charge in [0.1, 0.15) is 0 Å². The Bertz CT molecular complexity index is 555. The molecule has 1 aliphatic heterocycles. The third-order valence-corrected chi connectivity index (χ3v) is 3.79. The molecule has 0 aromatic heterocycles. The van der Waals surface area contributed by atoms with Crippen LogP contribution in [0.4, 0.5) is 0 Å². The molecule has 5 heteroatoms. The summed E-state index contributed by atoms with van der Waals surface area (Å²) in [7, 11) is 2.97. The number of carbonyl (C=O) groups excluding carboxylic acids is 1. The summed E-state index contributed by atoms with van der Waals surface area (Å²) in [5, 5.41) is 9.94. The van der Waals surface area contributed by atoms with Gasteiger partial charge in [-0.05, 0) is 36.7 Å². The van der Waals surface area contributed by atoms with Crippen LogP contribution in [0.25, 0.3) is 6.08 Å². The molecule has 1 fully saturated rings. The van der Waals surface area contributed by atoms with Crippen LogP contribution in [0.15, 0.2) is 17.7 Å². The third-order valence-electron chi connectivity index (χ3n) is 3.79. The number of phenolic OH excluding ortho intramolecular Hbond substituents is 1. The lowest BCUT2D eigenvalue weighted by molar-refractivity contribution is -0.117. The highest BCUT2D eigenvalue weighted by molar-refractivity contribution is 6.00. The van der Waals surface area contributed by atoms with E-state index in [1.165, 1.54) is 14.2 Å². The van der Waals surface area contributed by atoms with E-state index in [-0.39, 0.29) is 11.5 Å². The van der Waals surface area contributed by atoms with E-state index < -0.39 is 0 Å². The predicted molar refractivity (Wildman–Crippen MR) is 85.5 cm³/mol. The van der Waals surface area contributed by atoms with E-state index in [0.717, 1.165) is 30.6 Å². The van der Waals surface area contributed by atoms with Gasteiger partial charge in [0.05, 0.1) is 14.2 Å². The number of ketones is 1. The van der Waals surface area contributed by atoms with Crippen LogP contribution in [0.3, 0.4) is 0 Å². The summed E-state index contributed by atoms with van der Waals surface area (Å²) >= 11 is 0. The molecular weight excluding hydrogens is 282 g/mol. The summed E-state index contributed by atoms with van der Waals surface area (Å²) in [5.74, 6) is 0.813. The molecule has 0 aliphatic carbocycles. The average molecular weight is 305 g/mol. The van der Waals surface area contributed by atoms with Crippen molar-refractivity contribution in [2.75, 3.05) is 33.9 Å². The second-order valence-electron chi connectivity index (χ2n) is 5.39. The molecular formula is C17H23NO4. The van der Waals surface area contributed by atoms with Crippen LogP contribution in [-0.2, 0) is 4.79 Å². The second kappa shape index (κ2) is 7.31. The van der Waals surface area contributed by atoms with Crippen molar-refractivity contribution < 1.29 is 19.4 Å². The number of rotatable bonds is 5. The smallest absolute Gasteiger partial charge is 0.200 e. The molecule has 1 aromatic carbocycles. The van der Waals surface area contributed by atoms with Gasteiger partial charge in [-0.3, -0.25) is 9.69 Å². The fourth-order valence-corrected chi connectivity index (χ4v) is 2.66. The van der Waals surface area contributed by atoms with Crippen LogP contribution in [-0.4, -0.2) is 49.6 Å². The third kappa shape index (κ3) is 3.60. The van der Waals surface area contributed by atoms with E-state index >= 15 is 0 Å². The molecule has 1 aromatic rings. The number of carbonyl (C=O) groups is 1. The topological polar surface area (TPSA) is 59.0 Å². The normalized spacial score (nSPS) is 17.8. The number of nitrogens with zero attached hydrogens (tertiary/aromatic N) is 1. The Morgan fingerprint density at radius 1 is 1.27 bits per heavy atom. The molecule has 0 unspecified atom stereocenters. The second-order valence-corrected chi connectivity index (χ2v) is 5.39. The molecule has 1 aliphatic rings. The standard InChI is InChI=1S/C17H23NO4/c1-4-6-18-7-5-14(19)13(11-18)8-12-9-15(21-2)17(20)16(10-12)22-3/h8-10,20H,4-7,11H2,1-3H3/b13-8+. The Balaban J connectivity index is 2.32. The summed E-state index contributed by atoms with van der Waals surface area (Å²) in [6.07, 6.45) is 3.48. The van der Waals surface area contributed by atoms with E-state index in [2.05, 4.69) is 11.8 Å². The SMILES string of the molecule is CCCN1CCC(=O)/C(=C/c2cc(OC)c(O)c(OC)c2)C1. The van der Waals surface area contributed by atoms with Crippen molar-refractivity contribution in [3.63, 3.8) is 0 Å². The number of aromatic hydroxyl groups is 1. The predicted octanol–water partition coefficient (Wildman–Crippen LogP) is 2.48. The summed E-state index contributed by atoms with van der Waals surface area (Å²) < 4.78 is 10.3. The van der Waals surface area contributed by atoms with Gasteiger partial charge < -0.3 is 14.6 Å². The zero-order valence-corrected chi connectivity index (χ0v) is 13.4. The van der Waals surface area contributed by atoms with Crippen molar-refractivity contribution >= 4 is 11.9 Å². The Hall–Kier alpha value is -2.01. The zero-order chi connectivity index (χ0) is 16.1. The molecule has 1 heterocycles. The van der Waals surface area contributed by atoms with Gasteiger partial charge >= 0.3 is 0 Å². The Morgan fingerprint density at radius 3 is 2.45 bits per heavy atom. The van der Waals surface area contributed by atoms with E-state index in [9.17, 15) is 9.90 Å². The van der Waals surface area contributed by atoms with Gasteiger partial charge in [0.15, 0.2) is 17.3 Å². The highest BCUT2D eigenvalue weighted by Crippen LogP contribution is 2.37. The molecule has 0 radical (unpaired) electrons. The van der Waals surface area contributed by atoms with Gasteiger partial charge in [0.25, 0.3) is 0 Å². The molecule has 120 valence electrons. The lowest BCUT2D eigenvalue weighted by atomic mass is 10.00. The minimum absolute atomic E-state index is 0.0327. The zero-order valence-electron chi connectivity index (χ0n) is 13.4. The van der Waals surface area contributed by atoms with Crippen molar-refractivity contribution in [3.05, 3.63) is 23.3 Å². The largest absolute Gasteiger partial charge is 0.502 e. The van der Waals surface area contributed by atoms with E-state index in [1.54, 1.807) is 12.1 Å². The maximum Gasteiger partial charge on any atom is 0.200 e.